The van der Waals surface area contributed by atoms with Crippen LogP contribution in [0.1, 0.15) is 79.0 Å². The fourth-order valence-electron chi connectivity index (χ4n) is 5.39. The summed E-state index contributed by atoms with van der Waals surface area (Å²) in [5, 5.41) is 9.43. The van der Waals surface area contributed by atoms with E-state index in [1.54, 1.807) is 6.07 Å². The second-order valence-electron chi connectivity index (χ2n) is 10.1. The van der Waals surface area contributed by atoms with Gasteiger partial charge < -0.3 is 9.67 Å². The van der Waals surface area contributed by atoms with Gasteiger partial charge >= 0.3 is 5.97 Å². The second-order valence-corrected chi connectivity index (χ2v) is 10.1. The lowest BCUT2D eigenvalue weighted by Crippen LogP contribution is -2.31. The molecule has 1 fully saturated rings. The molecule has 0 saturated heterocycles. The van der Waals surface area contributed by atoms with Crippen molar-refractivity contribution in [3.63, 3.8) is 0 Å². The van der Waals surface area contributed by atoms with E-state index in [0.717, 1.165) is 61.9 Å². The molecule has 1 aromatic heterocycles. The van der Waals surface area contributed by atoms with Gasteiger partial charge in [-0.15, -0.1) is 0 Å². The maximum atomic E-state index is 11.5. The number of hydrogen-bond acceptors (Lipinski definition) is 3. The third-order valence-corrected chi connectivity index (χ3v) is 7.26. The molecule has 0 radical (unpaired) electrons. The van der Waals surface area contributed by atoms with Gasteiger partial charge in [0.15, 0.2) is 0 Å². The van der Waals surface area contributed by atoms with Crippen molar-refractivity contribution in [1.82, 2.24) is 14.5 Å². The van der Waals surface area contributed by atoms with E-state index < -0.39 is 5.97 Å². The molecule has 0 unspecified atom stereocenters. The van der Waals surface area contributed by atoms with Gasteiger partial charge in [0.1, 0.15) is 5.82 Å². The smallest absolute Gasteiger partial charge is 0.335 e. The van der Waals surface area contributed by atoms with Gasteiger partial charge in [-0.05, 0) is 49.3 Å². The van der Waals surface area contributed by atoms with E-state index in [2.05, 4.69) is 46.9 Å². The molecule has 0 aliphatic heterocycles. The number of hydrogen-bond donors (Lipinski definition) is 1. The number of nitrogens with zero attached hydrogens (tertiary/aromatic N) is 3. The van der Waals surface area contributed by atoms with Crippen LogP contribution < -0.4 is 0 Å². The normalized spacial score (nSPS) is 14.5. The number of carbonyl (C=O) groups is 1. The Morgan fingerprint density at radius 2 is 1.86 bits per heavy atom. The van der Waals surface area contributed by atoms with Gasteiger partial charge in [-0.25, -0.2) is 9.78 Å². The van der Waals surface area contributed by atoms with Crippen LogP contribution in [0.25, 0.3) is 11.4 Å². The predicted molar refractivity (Wildman–Crippen MR) is 141 cm³/mol. The molecular formula is C30H39N3O2. The Balaban J connectivity index is 1.60. The average Bonchev–Trinajstić information content (AvgIpc) is 3.25. The zero-order chi connectivity index (χ0) is 24.6. The number of rotatable bonds is 11. The summed E-state index contributed by atoms with van der Waals surface area (Å²) in [6.07, 6.45) is 11.0. The summed E-state index contributed by atoms with van der Waals surface area (Å²) in [7, 11) is 0. The monoisotopic (exact) mass is 473 g/mol. The van der Waals surface area contributed by atoms with Gasteiger partial charge in [0.2, 0.25) is 0 Å². The molecule has 35 heavy (non-hydrogen) atoms. The maximum absolute atomic E-state index is 11.5. The number of imidazole rings is 1. The molecule has 1 heterocycles. The van der Waals surface area contributed by atoms with E-state index in [0.29, 0.717) is 5.56 Å². The van der Waals surface area contributed by atoms with E-state index in [-0.39, 0.29) is 0 Å². The van der Waals surface area contributed by atoms with E-state index in [4.69, 9.17) is 4.98 Å². The van der Waals surface area contributed by atoms with Crippen LogP contribution in [0.4, 0.5) is 0 Å². The van der Waals surface area contributed by atoms with Crippen LogP contribution in [0.3, 0.4) is 0 Å². The van der Waals surface area contributed by atoms with Gasteiger partial charge in [-0.3, -0.25) is 4.90 Å². The van der Waals surface area contributed by atoms with Gasteiger partial charge in [-0.2, -0.15) is 0 Å². The topological polar surface area (TPSA) is 58.4 Å². The van der Waals surface area contributed by atoms with E-state index in [1.807, 2.05) is 25.1 Å². The molecule has 0 bridgehead atoms. The van der Waals surface area contributed by atoms with Crippen LogP contribution >= 0.6 is 0 Å². The summed E-state index contributed by atoms with van der Waals surface area (Å²) >= 11 is 0. The minimum Gasteiger partial charge on any atom is -0.478 e. The first-order valence-electron chi connectivity index (χ1n) is 13.2. The molecule has 1 aliphatic rings. The van der Waals surface area contributed by atoms with Crippen LogP contribution in [0.5, 0.6) is 0 Å². The highest BCUT2D eigenvalue weighted by atomic mass is 16.4. The van der Waals surface area contributed by atoms with E-state index >= 15 is 0 Å². The zero-order valence-electron chi connectivity index (χ0n) is 21.2. The summed E-state index contributed by atoms with van der Waals surface area (Å²) in [5.74, 6) is 0.915. The molecule has 0 spiro atoms. The standard InChI is InChI=1S/C30H39N3O2/c1-3-4-17-33-27(19-31-29(33)26-13-9-6-10-14-26)22-32(20-24-11-7-5-8-12-24)21-25-15-16-28(30(34)35)23(2)18-25/h6,9-10,13-16,18-19,24H,3-5,7-8,11-12,17,20-22H2,1-2H3,(H,34,35). The van der Waals surface area contributed by atoms with Crippen molar-refractivity contribution in [3.8, 4) is 11.4 Å². The minimum atomic E-state index is -0.860. The van der Waals surface area contributed by atoms with Gasteiger partial charge in [0.05, 0.1) is 17.5 Å². The lowest BCUT2D eigenvalue weighted by molar-refractivity contribution is 0.0696. The third kappa shape index (κ3) is 6.61. The van der Waals surface area contributed by atoms with Crippen LogP contribution in [-0.2, 0) is 19.6 Å². The van der Waals surface area contributed by atoms with E-state index in [1.165, 1.54) is 43.4 Å². The molecule has 2 aromatic carbocycles. The van der Waals surface area contributed by atoms with Gasteiger partial charge in [0.25, 0.3) is 0 Å². The number of aromatic carboxylic acids is 1. The molecule has 0 atom stereocenters. The fourth-order valence-corrected chi connectivity index (χ4v) is 5.39. The molecule has 1 aliphatic carbocycles. The maximum Gasteiger partial charge on any atom is 0.335 e. The molecule has 0 amide bonds. The predicted octanol–water partition coefficient (Wildman–Crippen LogP) is 6.94. The van der Waals surface area contributed by atoms with Crippen molar-refractivity contribution in [2.75, 3.05) is 6.54 Å². The molecule has 5 heteroatoms. The Labute approximate surface area is 209 Å². The molecule has 5 nitrogen and oxygen atoms in total. The second kappa shape index (κ2) is 12.2. The van der Waals surface area contributed by atoms with Crippen LogP contribution in [0.15, 0.2) is 54.7 Å². The Bertz CT molecular complexity index is 1100. The van der Waals surface area contributed by atoms with E-state index in [9.17, 15) is 9.90 Å². The van der Waals surface area contributed by atoms with Gasteiger partial charge in [-0.1, -0.05) is 75.1 Å². The highest BCUT2D eigenvalue weighted by molar-refractivity contribution is 5.89. The summed E-state index contributed by atoms with van der Waals surface area (Å²) in [6.45, 7) is 7.83. The van der Waals surface area contributed by atoms with Crippen molar-refractivity contribution in [2.45, 2.75) is 78.4 Å². The van der Waals surface area contributed by atoms with Crippen LogP contribution in [-0.4, -0.2) is 32.1 Å². The van der Waals surface area contributed by atoms with Crippen molar-refractivity contribution in [1.29, 1.82) is 0 Å². The summed E-state index contributed by atoms with van der Waals surface area (Å²) in [4.78, 5) is 18.9. The first kappa shape index (κ1) is 25.2. The lowest BCUT2D eigenvalue weighted by atomic mass is 9.89. The molecule has 186 valence electrons. The number of unbranched alkanes of at least 4 members (excludes halogenated alkanes) is 1. The van der Waals surface area contributed by atoms with Crippen molar-refractivity contribution in [3.05, 3.63) is 77.1 Å². The first-order chi connectivity index (χ1) is 17.0. The number of carboxylic acids is 1. The number of aromatic nitrogens is 2. The highest BCUT2D eigenvalue weighted by Crippen LogP contribution is 2.27. The highest BCUT2D eigenvalue weighted by Gasteiger charge is 2.21. The fraction of sp³-hybridized carbons (Fsp3) is 0.467. The Morgan fingerprint density at radius 3 is 2.54 bits per heavy atom. The Morgan fingerprint density at radius 1 is 1.09 bits per heavy atom. The molecule has 4 rings (SSSR count). The zero-order valence-corrected chi connectivity index (χ0v) is 21.2. The van der Waals surface area contributed by atoms with Crippen LogP contribution in [0.2, 0.25) is 0 Å². The molecule has 1 saturated carbocycles. The Hall–Kier alpha value is -2.92. The lowest BCUT2D eigenvalue weighted by Gasteiger charge is -2.30. The quantitative estimate of drug-likeness (QED) is 0.328. The first-order valence-corrected chi connectivity index (χ1v) is 13.2. The summed E-state index contributed by atoms with van der Waals surface area (Å²) in [5.41, 5.74) is 4.80. The minimum absolute atomic E-state index is 0.387. The SMILES string of the molecule is CCCCn1c(CN(Cc2ccc(C(=O)O)c(C)c2)CC2CCCCC2)cnc1-c1ccccc1. The molecular weight excluding hydrogens is 434 g/mol. The van der Waals surface area contributed by atoms with Crippen LogP contribution in [0, 0.1) is 12.8 Å². The summed E-state index contributed by atoms with van der Waals surface area (Å²) < 4.78 is 2.41. The average molecular weight is 474 g/mol. The molecule has 1 N–H and O–H groups in total. The van der Waals surface area contributed by atoms with Crippen molar-refractivity contribution in [2.24, 2.45) is 5.92 Å². The van der Waals surface area contributed by atoms with Gasteiger partial charge in [0, 0.05) is 31.7 Å². The number of benzene rings is 2. The number of carboxylic acid groups (broad SMARTS) is 1. The molecule has 3 aromatic rings. The number of aryl methyl sites for hydroxylation is 1. The summed E-state index contributed by atoms with van der Waals surface area (Å²) in [6, 6.07) is 16.3. The Kier molecular flexibility index (Phi) is 8.75. The largest absolute Gasteiger partial charge is 0.478 e. The van der Waals surface area contributed by atoms with Crippen molar-refractivity contribution < 1.29 is 9.90 Å². The van der Waals surface area contributed by atoms with Crippen molar-refractivity contribution >= 4 is 5.97 Å². The third-order valence-electron chi connectivity index (χ3n) is 7.26.